The molecule has 0 aliphatic heterocycles. The first-order valence-electron chi connectivity index (χ1n) is 9.77. The largest absolute Gasteiger partial charge is 0.497 e. The first-order valence-corrected chi connectivity index (χ1v) is 10.6. The van der Waals surface area contributed by atoms with E-state index in [0.29, 0.717) is 33.5 Å². The second-order valence-electron chi connectivity index (χ2n) is 6.99. The molecule has 9 heteroatoms. The van der Waals surface area contributed by atoms with E-state index in [9.17, 15) is 14.9 Å². The number of hydrogen-bond donors (Lipinski definition) is 1. The topological polar surface area (TPSA) is 107 Å². The van der Waals surface area contributed by atoms with E-state index in [1.807, 2.05) is 24.3 Å². The fraction of sp³-hybridized carbons (Fsp3) is 0.0417. The molecule has 0 aliphatic rings. The van der Waals surface area contributed by atoms with Crippen molar-refractivity contribution in [3.05, 3.63) is 98.5 Å². The van der Waals surface area contributed by atoms with Crippen LogP contribution in [0.2, 0.25) is 0 Å². The highest BCUT2D eigenvalue weighted by Crippen LogP contribution is 2.28. The zero-order valence-electron chi connectivity index (χ0n) is 17.4. The molecule has 0 saturated heterocycles. The minimum Gasteiger partial charge on any atom is -0.497 e. The van der Waals surface area contributed by atoms with Crippen molar-refractivity contribution in [1.82, 2.24) is 10.4 Å². The van der Waals surface area contributed by atoms with Gasteiger partial charge in [-0.1, -0.05) is 28.1 Å². The Hall–Kier alpha value is -4.11. The van der Waals surface area contributed by atoms with Gasteiger partial charge in [-0.2, -0.15) is 5.10 Å². The summed E-state index contributed by atoms with van der Waals surface area (Å²) in [5, 5.41) is 15.4. The highest BCUT2D eigenvalue weighted by Gasteiger charge is 2.15. The average molecular weight is 505 g/mol. The van der Waals surface area contributed by atoms with E-state index in [4.69, 9.17) is 9.72 Å². The molecular weight excluding hydrogens is 488 g/mol. The number of pyridine rings is 1. The van der Waals surface area contributed by atoms with E-state index >= 15 is 0 Å². The molecule has 1 amide bonds. The monoisotopic (exact) mass is 504 g/mol. The van der Waals surface area contributed by atoms with Crippen LogP contribution in [0.1, 0.15) is 15.9 Å². The van der Waals surface area contributed by atoms with Crippen LogP contribution in [0.3, 0.4) is 0 Å². The lowest BCUT2D eigenvalue weighted by molar-refractivity contribution is -0.384. The number of fused-ring (bicyclic) bond motifs is 1. The second kappa shape index (κ2) is 9.58. The van der Waals surface area contributed by atoms with Crippen LogP contribution in [0.5, 0.6) is 5.75 Å². The molecule has 0 saturated carbocycles. The molecule has 1 heterocycles. The van der Waals surface area contributed by atoms with Crippen molar-refractivity contribution in [2.45, 2.75) is 0 Å². The smallest absolute Gasteiger partial charge is 0.272 e. The third-order valence-corrected chi connectivity index (χ3v) is 5.41. The normalized spacial score (nSPS) is 11.0. The molecule has 1 aromatic heterocycles. The number of hydrazone groups is 1. The molecule has 33 heavy (non-hydrogen) atoms. The minimum atomic E-state index is -0.478. The fourth-order valence-electron chi connectivity index (χ4n) is 3.20. The lowest BCUT2D eigenvalue weighted by Crippen LogP contribution is -2.18. The molecule has 0 aliphatic carbocycles. The van der Waals surface area contributed by atoms with E-state index in [-0.39, 0.29) is 5.69 Å². The summed E-state index contributed by atoms with van der Waals surface area (Å²) < 4.78 is 6.25. The first kappa shape index (κ1) is 22.1. The van der Waals surface area contributed by atoms with Crippen molar-refractivity contribution < 1.29 is 14.5 Å². The Morgan fingerprint density at radius 1 is 1.09 bits per heavy atom. The predicted molar refractivity (Wildman–Crippen MR) is 130 cm³/mol. The summed E-state index contributed by atoms with van der Waals surface area (Å²) in [7, 11) is 1.55. The number of hydrogen-bond acceptors (Lipinski definition) is 6. The molecule has 0 bridgehead atoms. The zero-order valence-corrected chi connectivity index (χ0v) is 18.9. The number of aromatic nitrogens is 1. The summed E-state index contributed by atoms with van der Waals surface area (Å²) in [6.07, 6.45) is 1.42. The number of nitrogens with one attached hydrogen (secondary N) is 1. The second-order valence-corrected chi connectivity index (χ2v) is 7.91. The number of amides is 1. The van der Waals surface area contributed by atoms with Crippen LogP contribution in [-0.4, -0.2) is 29.1 Å². The first-order chi connectivity index (χ1) is 15.9. The number of benzene rings is 3. The van der Waals surface area contributed by atoms with Crippen molar-refractivity contribution in [3.8, 4) is 17.0 Å². The van der Waals surface area contributed by atoms with Crippen LogP contribution in [0.15, 0.2) is 82.4 Å². The number of carbonyl (C=O) groups is 1. The van der Waals surface area contributed by atoms with Crippen LogP contribution in [0.4, 0.5) is 5.69 Å². The van der Waals surface area contributed by atoms with Crippen molar-refractivity contribution in [1.29, 1.82) is 0 Å². The molecule has 4 rings (SSSR count). The Balaban J connectivity index is 1.67. The van der Waals surface area contributed by atoms with E-state index in [1.54, 1.807) is 43.5 Å². The van der Waals surface area contributed by atoms with Gasteiger partial charge in [-0.25, -0.2) is 10.4 Å². The predicted octanol–water partition coefficient (Wildman–Crippen LogP) is 5.35. The molecule has 0 atom stereocenters. The van der Waals surface area contributed by atoms with E-state index < -0.39 is 10.8 Å². The number of carbonyl (C=O) groups excluding carboxylic acids is 1. The average Bonchev–Trinajstić information content (AvgIpc) is 2.83. The number of halogens is 1. The van der Waals surface area contributed by atoms with Crippen molar-refractivity contribution >= 4 is 44.6 Å². The summed E-state index contributed by atoms with van der Waals surface area (Å²) >= 11 is 3.42. The van der Waals surface area contributed by atoms with Gasteiger partial charge in [-0.15, -0.1) is 0 Å². The van der Waals surface area contributed by atoms with Gasteiger partial charge in [0.1, 0.15) is 5.75 Å². The van der Waals surface area contributed by atoms with Gasteiger partial charge >= 0.3 is 0 Å². The Labute approximate surface area is 197 Å². The van der Waals surface area contributed by atoms with Gasteiger partial charge in [-0.3, -0.25) is 14.9 Å². The quantitative estimate of drug-likeness (QED) is 0.216. The molecule has 0 spiro atoms. The lowest BCUT2D eigenvalue weighted by atomic mass is 10.0. The Morgan fingerprint density at radius 2 is 1.82 bits per heavy atom. The summed E-state index contributed by atoms with van der Waals surface area (Å²) in [5.74, 6) is 0.177. The maximum absolute atomic E-state index is 13.0. The lowest BCUT2D eigenvalue weighted by Gasteiger charge is -2.10. The summed E-state index contributed by atoms with van der Waals surface area (Å²) in [6.45, 7) is 0. The summed E-state index contributed by atoms with van der Waals surface area (Å²) in [4.78, 5) is 28.0. The van der Waals surface area contributed by atoms with E-state index in [2.05, 4.69) is 26.5 Å². The maximum Gasteiger partial charge on any atom is 0.272 e. The molecule has 164 valence electrons. The van der Waals surface area contributed by atoms with E-state index in [0.717, 1.165) is 10.0 Å². The van der Waals surface area contributed by atoms with Crippen molar-refractivity contribution in [3.63, 3.8) is 0 Å². The molecule has 0 unspecified atom stereocenters. The number of non-ortho nitro benzene ring substituents is 1. The number of methoxy groups -OCH3 is 1. The molecule has 8 nitrogen and oxygen atoms in total. The van der Waals surface area contributed by atoms with Gasteiger partial charge in [0.25, 0.3) is 11.6 Å². The molecule has 3 aromatic carbocycles. The molecule has 4 aromatic rings. The number of nitro benzene ring substituents is 1. The minimum absolute atomic E-state index is 0.0196. The van der Waals surface area contributed by atoms with Crippen molar-refractivity contribution in [2.24, 2.45) is 5.10 Å². The molecule has 0 radical (unpaired) electrons. The summed E-state index contributed by atoms with van der Waals surface area (Å²) in [5.41, 5.74) is 5.64. The van der Waals surface area contributed by atoms with Gasteiger partial charge in [0.15, 0.2) is 0 Å². The molecule has 0 fully saturated rings. The maximum atomic E-state index is 13.0. The highest BCUT2D eigenvalue weighted by atomic mass is 79.9. The van der Waals surface area contributed by atoms with Crippen LogP contribution >= 0.6 is 15.9 Å². The number of nitrogens with zero attached hydrogens (tertiary/aromatic N) is 3. The third-order valence-electron chi connectivity index (χ3n) is 4.88. The van der Waals surface area contributed by atoms with Crippen LogP contribution in [0.25, 0.3) is 22.2 Å². The van der Waals surface area contributed by atoms with Gasteiger partial charge in [0.2, 0.25) is 0 Å². The zero-order chi connectivity index (χ0) is 23.4. The van der Waals surface area contributed by atoms with E-state index in [1.165, 1.54) is 18.3 Å². The molecule has 1 N–H and O–H groups in total. The van der Waals surface area contributed by atoms with Crippen LogP contribution in [-0.2, 0) is 0 Å². The number of rotatable bonds is 6. The van der Waals surface area contributed by atoms with Crippen LogP contribution in [0, 0.1) is 10.1 Å². The Morgan fingerprint density at radius 3 is 2.48 bits per heavy atom. The van der Waals surface area contributed by atoms with Gasteiger partial charge in [-0.05, 0) is 54.1 Å². The van der Waals surface area contributed by atoms with Crippen molar-refractivity contribution in [2.75, 3.05) is 7.11 Å². The number of nitro groups is 1. The number of ether oxygens (including phenoxy) is 1. The van der Waals surface area contributed by atoms with Gasteiger partial charge in [0, 0.05) is 27.6 Å². The van der Waals surface area contributed by atoms with Crippen LogP contribution < -0.4 is 10.2 Å². The van der Waals surface area contributed by atoms with Gasteiger partial charge < -0.3 is 4.74 Å². The third kappa shape index (κ3) is 5.04. The SMILES string of the molecule is COc1ccc2nc(-c3ccc(Br)cc3)cc(C(=O)NN=Cc3ccc([N+](=O)[O-])cc3)c2c1. The summed E-state index contributed by atoms with van der Waals surface area (Å²) in [6, 6.07) is 20.5. The Bertz CT molecular complexity index is 1370. The Kier molecular flexibility index (Phi) is 6.41. The van der Waals surface area contributed by atoms with Gasteiger partial charge in [0.05, 0.1) is 35.0 Å². The highest BCUT2D eigenvalue weighted by molar-refractivity contribution is 9.10. The fourth-order valence-corrected chi connectivity index (χ4v) is 3.46. The molecular formula is C24H17BrN4O4. The standard InChI is InChI=1S/C24H17BrN4O4/c1-33-19-10-11-22-20(12-19)21(13-23(27-22)16-4-6-17(25)7-5-16)24(30)28-26-14-15-2-8-18(9-3-15)29(31)32/h2-14H,1H3,(H,28,30).